The number of aromatic hydroxyl groups is 1. The van der Waals surface area contributed by atoms with Crippen LogP contribution in [-0.2, 0) is 16.0 Å². The normalized spacial score (nSPS) is 10.2. The summed E-state index contributed by atoms with van der Waals surface area (Å²) >= 11 is 5.89. The molecule has 0 aliphatic carbocycles. The third-order valence-corrected chi connectivity index (χ3v) is 2.89. The number of phenolic OH excluding ortho intramolecular Hbond substituents is 1. The molecule has 0 aliphatic rings. The molecule has 1 heterocycles. The second-order valence-corrected chi connectivity index (χ2v) is 4.42. The number of esters is 1. The van der Waals surface area contributed by atoms with E-state index in [9.17, 15) is 9.90 Å². The van der Waals surface area contributed by atoms with Crippen LogP contribution < -0.4 is 0 Å². The standard InChI is InChI=1S/C14H12ClNO3/c1-19-14(18)6-10-4-9(2-3-13(10)17)11-5-12(15)8-16-7-11/h2-5,7-8,17H,6H2,1H3. The van der Waals surface area contributed by atoms with Crippen LogP contribution in [0.3, 0.4) is 0 Å². The van der Waals surface area contributed by atoms with Gasteiger partial charge in [-0.25, -0.2) is 0 Å². The first-order valence-electron chi connectivity index (χ1n) is 5.60. The number of nitrogens with zero attached hydrogens (tertiary/aromatic N) is 1. The number of methoxy groups -OCH3 is 1. The summed E-state index contributed by atoms with van der Waals surface area (Å²) in [7, 11) is 1.31. The fourth-order valence-electron chi connectivity index (χ4n) is 1.70. The molecule has 4 nitrogen and oxygen atoms in total. The molecule has 0 amide bonds. The molecule has 0 unspecified atom stereocenters. The maximum absolute atomic E-state index is 11.3. The highest BCUT2D eigenvalue weighted by Crippen LogP contribution is 2.27. The van der Waals surface area contributed by atoms with Gasteiger partial charge in [-0.15, -0.1) is 0 Å². The van der Waals surface area contributed by atoms with E-state index in [-0.39, 0.29) is 12.2 Å². The van der Waals surface area contributed by atoms with Crippen LogP contribution in [0, 0.1) is 0 Å². The van der Waals surface area contributed by atoms with E-state index >= 15 is 0 Å². The minimum Gasteiger partial charge on any atom is -0.508 e. The average molecular weight is 278 g/mol. The lowest BCUT2D eigenvalue weighted by Gasteiger charge is -2.07. The number of benzene rings is 1. The highest BCUT2D eigenvalue weighted by Gasteiger charge is 2.10. The molecule has 98 valence electrons. The number of hydrogen-bond donors (Lipinski definition) is 1. The van der Waals surface area contributed by atoms with Crippen molar-refractivity contribution in [2.75, 3.05) is 7.11 Å². The first-order chi connectivity index (χ1) is 9.10. The van der Waals surface area contributed by atoms with Crippen molar-refractivity contribution >= 4 is 17.6 Å². The Kier molecular flexibility index (Phi) is 4.02. The molecular formula is C14H12ClNO3. The molecule has 0 bridgehead atoms. The van der Waals surface area contributed by atoms with Crippen molar-refractivity contribution in [1.29, 1.82) is 0 Å². The summed E-state index contributed by atoms with van der Waals surface area (Å²) in [5.74, 6) is -0.346. The van der Waals surface area contributed by atoms with Gasteiger partial charge in [0.1, 0.15) is 5.75 Å². The Bertz CT molecular complexity index is 613. The van der Waals surface area contributed by atoms with Gasteiger partial charge in [0.05, 0.1) is 18.6 Å². The molecule has 0 radical (unpaired) electrons. The molecule has 0 spiro atoms. The van der Waals surface area contributed by atoms with Gasteiger partial charge in [-0.3, -0.25) is 9.78 Å². The Balaban J connectivity index is 2.38. The van der Waals surface area contributed by atoms with E-state index in [1.54, 1.807) is 30.6 Å². The van der Waals surface area contributed by atoms with Crippen molar-refractivity contribution in [3.8, 4) is 16.9 Å². The summed E-state index contributed by atoms with van der Waals surface area (Å²) in [5, 5.41) is 10.3. The zero-order valence-corrected chi connectivity index (χ0v) is 11.0. The van der Waals surface area contributed by atoms with E-state index in [1.165, 1.54) is 13.2 Å². The summed E-state index contributed by atoms with van der Waals surface area (Å²) < 4.78 is 4.59. The second kappa shape index (κ2) is 5.71. The van der Waals surface area contributed by atoms with E-state index in [0.717, 1.165) is 11.1 Å². The summed E-state index contributed by atoms with van der Waals surface area (Å²) in [6, 6.07) is 6.76. The molecule has 0 atom stereocenters. The highest BCUT2D eigenvalue weighted by atomic mass is 35.5. The quantitative estimate of drug-likeness (QED) is 0.877. The average Bonchev–Trinajstić information content (AvgIpc) is 2.41. The summed E-state index contributed by atoms with van der Waals surface area (Å²) in [6.45, 7) is 0. The van der Waals surface area contributed by atoms with E-state index in [0.29, 0.717) is 10.6 Å². The van der Waals surface area contributed by atoms with Gasteiger partial charge in [-0.05, 0) is 23.8 Å². The van der Waals surface area contributed by atoms with Crippen LogP contribution in [0.2, 0.25) is 5.02 Å². The van der Waals surface area contributed by atoms with Crippen LogP contribution in [0.25, 0.3) is 11.1 Å². The van der Waals surface area contributed by atoms with Gasteiger partial charge >= 0.3 is 5.97 Å². The molecule has 5 heteroatoms. The number of carbonyl (C=O) groups excluding carboxylic acids is 1. The minimum absolute atomic E-state index is 0.0180. The third-order valence-electron chi connectivity index (χ3n) is 2.68. The van der Waals surface area contributed by atoms with Gasteiger partial charge in [0, 0.05) is 23.5 Å². The number of halogens is 1. The lowest BCUT2D eigenvalue weighted by atomic mass is 10.0. The van der Waals surface area contributed by atoms with Crippen molar-refractivity contribution in [3.63, 3.8) is 0 Å². The van der Waals surface area contributed by atoms with Crippen molar-refractivity contribution in [1.82, 2.24) is 4.98 Å². The van der Waals surface area contributed by atoms with Crippen LogP contribution in [0.1, 0.15) is 5.56 Å². The summed E-state index contributed by atoms with van der Waals surface area (Å²) in [4.78, 5) is 15.3. The Labute approximate surface area is 115 Å². The molecule has 0 aliphatic heterocycles. The highest BCUT2D eigenvalue weighted by molar-refractivity contribution is 6.30. The molecule has 1 aromatic carbocycles. The van der Waals surface area contributed by atoms with Crippen LogP contribution in [0.5, 0.6) is 5.75 Å². The van der Waals surface area contributed by atoms with Gasteiger partial charge in [0.15, 0.2) is 0 Å². The third kappa shape index (κ3) is 3.23. The lowest BCUT2D eigenvalue weighted by molar-refractivity contribution is -0.139. The number of pyridine rings is 1. The maximum Gasteiger partial charge on any atom is 0.310 e. The molecule has 2 aromatic rings. The first-order valence-corrected chi connectivity index (χ1v) is 5.97. The zero-order chi connectivity index (χ0) is 13.8. The van der Waals surface area contributed by atoms with Crippen molar-refractivity contribution in [2.24, 2.45) is 0 Å². The van der Waals surface area contributed by atoms with E-state index in [4.69, 9.17) is 11.6 Å². The number of carbonyl (C=O) groups is 1. The van der Waals surface area contributed by atoms with Gasteiger partial charge in [-0.2, -0.15) is 0 Å². The molecule has 1 N–H and O–H groups in total. The van der Waals surface area contributed by atoms with Crippen molar-refractivity contribution in [3.05, 3.63) is 47.2 Å². The van der Waals surface area contributed by atoms with Gasteiger partial charge in [-0.1, -0.05) is 17.7 Å². The topological polar surface area (TPSA) is 59.4 Å². The van der Waals surface area contributed by atoms with E-state index < -0.39 is 5.97 Å². The first kappa shape index (κ1) is 13.4. The fourth-order valence-corrected chi connectivity index (χ4v) is 1.88. The lowest BCUT2D eigenvalue weighted by Crippen LogP contribution is -2.04. The Hall–Kier alpha value is -2.07. The minimum atomic E-state index is -0.406. The summed E-state index contributed by atoms with van der Waals surface area (Å²) in [5.41, 5.74) is 2.15. The number of aromatic nitrogens is 1. The van der Waals surface area contributed by atoms with Gasteiger partial charge < -0.3 is 9.84 Å². The molecule has 0 fully saturated rings. The molecule has 1 aromatic heterocycles. The van der Waals surface area contributed by atoms with Crippen molar-refractivity contribution in [2.45, 2.75) is 6.42 Å². The smallest absolute Gasteiger partial charge is 0.310 e. The Morgan fingerprint density at radius 3 is 2.79 bits per heavy atom. The molecule has 0 saturated carbocycles. The number of hydrogen-bond acceptors (Lipinski definition) is 4. The van der Waals surface area contributed by atoms with Crippen LogP contribution in [0.4, 0.5) is 0 Å². The van der Waals surface area contributed by atoms with E-state index in [1.807, 2.05) is 0 Å². The van der Waals surface area contributed by atoms with E-state index in [2.05, 4.69) is 9.72 Å². The monoisotopic (exact) mass is 277 g/mol. The second-order valence-electron chi connectivity index (χ2n) is 3.99. The van der Waals surface area contributed by atoms with Crippen molar-refractivity contribution < 1.29 is 14.6 Å². The number of rotatable bonds is 3. The van der Waals surface area contributed by atoms with Crippen LogP contribution in [0.15, 0.2) is 36.7 Å². The largest absolute Gasteiger partial charge is 0.508 e. The maximum atomic E-state index is 11.3. The molecule has 0 saturated heterocycles. The van der Waals surface area contributed by atoms with Crippen LogP contribution >= 0.6 is 11.6 Å². The summed E-state index contributed by atoms with van der Waals surface area (Å²) in [6.07, 6.45) is 3.23. The van der Waals surface area contributed by atoms with Gasteiger partial charge in [0.25, 0.3) is 0 Å². The number of ether oxygens (including phenoxy) is 1. The number of phenols is 1. The predicted octanol–water partition coefficient (Wildman–Crippen LogP) is 2.82. The Morgan fingerprint density at radius 1 is 1.32 bits per heavy atom. The zero-order valence-electron chi connectivity index (χ0n) is 10.3. The van der Waals surface area contributed by atoms with Crippen LogP contribution in [-0.4, -0.2) is 23.2 Å². The SMILES string of the molecule is COC(=O)Cc1cc(-c2cncc(Cl)c2)ccc1O. The van der Waals surface area contributed by atoms with Gasteiger partial charge in [0.2, 0.25) is 0 Å². The fraction of sp³-hybridized carbons (Fsp3) is 0.143. The molecular weight excluding hydrogens is 266 g/mol. The predicted molar refractivity (Wildman–Crippen MR) is 72.1 cm³/mol. The molecule has 2 rings (SSSR count). The Morgan fingerprint density at radius 2 is 2.11 bits per heavy atom. The molecule has 19 heavy (non-hydrogen) atoms.